The van der Waals surface area contributed by atoms with Crippen LogP contribution < -0.4 is 11.2 Å². The molecule has 1 fully saturated rings. The SMILES string of the molecule is CN=[C+]C1CC(n2cc(C)c(=O)[nH]c2=O)OC1CO. The van der Waals surface area contributed by atoms with Crippen LogP contribution in [0.1, 0.15) is 18.2 Å². The van der Waals surface area contributed by atoms with Gasteiger partial charge in [0.15, 0.2) is 0 Å². The highest BCUT2D eigenvalue weighted by atomic mass is 16.5. The Bertz CT molecular complexity index is 589. The zero-order valence-electron chi connectivity index (χ0n) is 10.8. The molecule has 0 aliphatic carbocycles. The Morgan fingerprint density at radius 2 is 2.37 bits per heavy atom. The molecule has 3 atom stereocenters. The molecule has 2 rings (SSSR count). The van der Waals surface area contributed by atoms with Crippen LogP contribution in [0.2, 0.25) is 0 Å². The smallest absolute Gasteiger partial charge is 0.363 e. The van der Waals surface area contributed by atoms with E-state index >= 15 is 0 Å². The van der Waals surface area contributed by atoms with Crippen LogP contribution in [0, 0.1) is 12.8 Å². The normalized spacial score (nSPS) is 26.8. The number of aliphatic hydroxyl groups excluding tert-OH is 1. The van der Waals surface area contributed by atoms with Gasteiger partial charge in [-0.1, -0.05) is 0 Å². The maximum Gasteiger partial charge on any atom is 0.363 e. The van der Waals surface area contributed by atoms with Gasteiger partial charge in [0.05, 0.1) is 20.1 Å². The van der Waals surface area contributed by atoms with Crippen molar-refractivity contribution >= 4 is 6.21 Å². The van der Waals surface area contributed by atoms with E-state index in [9.17, 15) is 14.7 Å². The highest BCUT2D eigenvalue weighted by Crippen LogP contribution is 2.31. The summed E-state index contributed by atoms with van der Waals surface area (Å²) in [6.45, 7) is 1.45. The van der Waals surface area contributed by atoms with Crippen molar-refractivity contribution in [3.63, 3.8) is 0 Å². The van der Waals surface area contributed by atoms with Gasteiger partial charge in [0, 0.05) is 11.8 Å². The lowest BCUT2D eigenvalue weighted by Crippen LogP contribution is -2.33. The molecule has 0 saturated carbocycles. The molecule has 2 N–H and O–H groups in total. The van der Waals surface area contributed by atoms with Crippen molar-refractivity contribution in [2.45, 2.75) is 25.7 Å². The summed E-state index contributed by atoms with van der Waals surface area (Å²) in [6.07, 6.45) is 3.82. The van der Waals surface area contributed by atoms with E-state index in [2.05, 4.69) is 16.2 Å². The maximum atomic E-state index is 11.8. The molecule has 1 aliphatic heterocycles. The molecule has 0 radical (unpaired) electrons. The maximum absolute atomic E-state index is 11.8. The fraction of sp³-hybridized carbons (Fsp3) is 0.583. The highest BCUT2D eigenvalue weighted by molar-refractivity contribution is 5.61. The third-order valence-corrected chi connectivity index (χ3v) is 3.17. The number of aromatic nitrogens is 2. The number of nitrogens with zero attached hydrogens (tertiary/aromatic N) is 2. The average molecular weight is 266 g/mol. The number of H-pyrrole nitrogens is 1. The van der Waals surface area contributed by atoms with E-state index in [4.69, 9.17) is 4.74 Å². The predicted octanol–water partition coefficient (Wildman–Crippen LogP) is -0.681. The summed E-state index contributed by atoms with van der Waals surface area (Å²) in [5.74, 6) is -0.167. The number of ether oxygens (including phenoxy) is 1. The van der Waals surface area contributed by atoms with Crippen LogP contribution in [0.3, 0.4) is 0 Å². The van der Waals surface area contributed by atoms with Crippen molar-refractivity contribution in [1.82, 2.24) is 9.55 Å². The number of aliphatic imine (C=N–C) groups is 1. The third kappa shape index (κ3) is 2.63. The second kappa shape index (κ2) is 5.44. The Kier molecular flexibility index (Phi) is 3.90. The van der Waals surface area contributed by atoms with Gasteiger partial charge in [-0.05, 0) is 11.9 Å². The van der Waals surface area contributed by atoms with Crippen molar-refractivity contribution in [2.75, 3.05) is 13.7 Å². The van der Waals surface area contributed by atoms with Gasteiger partial charge in [-0.3, -0.25) is 14.3 Å². The molecule has 19 heavy (non-hydrogen) atoms. The van der Waals surface area contributed by atoms with Crippen LogP contribution >= 0.6 is 0 Å². The molecule has 1 aliphatic rings. The predicted molar refractivity (Wildman–Crippen MR) is 68.5 cm³/mol. The van der Waals surface area contributed by atoms with Gasteiger partial charge >= 0.3 is 11.9 Å². The van der Waals surface area contributed by atoms with E-state index < -0.39 is 23.6 Å². The summed E-state index contributed by atoms with van der Waals surface area (Å²) in [4.78, 5) is 29.1. The fourth-order valence-corrected chi connectivity index (χ4v) is 2.17. The Hall–Kier alpha value is -1.82. The van der Waals surface area contributed by atoms with E-state index in [1.165, 1.54) is 10.8 Å². The first-order valence-corrected chi connectivity index (χ1v) is 5.99. The first-order chi connectivity index (χ1) is 9.06. The minimum absolute atomic E-state index is 0.166. The molecule has 7 heteroatoms. The molecule has 0 bridgehead atoms. The van der Waals surface area contributed by atoms with Crippen molar-refractivity contribution in [3.8, 4) is 0 Å². The van der Waals surface area contributed by atoms with Gasteiger partial charge in [-0.15, -0.1) is 0 Å². The Morgan fingerprint density at radius 1 is 1.63 bits per heavy atom. The summed E-state index contributed by atoms with van der Waals surface area (Å²) in [7, 11) is 1.60. The second-order valence-electron chi connectivity index (χ2n) is 4.49. The van der Waals surface area contributed by atoms with Gasteiger partial charge in [0.2, 0.25) is 5.92 Å². The van der Waals surface area contributed by atoms with Gasteiger partial charge in [-0.25, -0.2) is 4.79 Å². The molecule has 7 nitrogen and oxygen atoms in total. The van der Waals surface area contributed by atoms with E-state index in [1.54, 1.807) is 14.0 Å². The number of nitrogens with one attached hydrogen (secondary N) is 1. The van der Waals surface area contributed by atoms with Gasteiger partial charge < -0.3 is 9.84 Å². The second-order valence-corrected chi connectivity index (χ2v) is 4.49. The molecule has 2 heterocycles. The molecule has 3 unspecified atom stereocenters. The topological polar surface area (TPSA) is 96.7 Å². The zero-order valence-corrected chi connectivity index (χ0v) is 10.8. The van der Waals surface area contributed by atoms with Gasteiger partial charge in [0.1, 0.15) is 12.3 Å². The molecule has 0 amide bonds. The average Bonchev–Trinajstić information content (AvgIpc) is 2.77. The minimum Gasteiger partial charge on any atom is -0.393 e. The Balaban J connectivity index is 2.32. The summed E-state index contributed by atoms with van der Waals surface area (Å²) in [6, 6.07) is 0. The summed E-state index contributed by atoms with van der Waals surface area (Å²) in [5, 5.41) is 9.24. The highest BCUT2D eigenvalue weighted by Gasteiger charge is 2.43. The molecule has 1 saturated heterocycles. The van der Waals surface area contributed by atoms with Crippen LogP contribution in [-0.2, 0) is 4.74 Å². The summed E-state index contributed by atoms with van der Waals surface area (Å²) < 4.78 is 6.94. The van der Waals surface area contributed by atoms with Crippen molar-refractivity contribution in [2.24, 2.45) is 10.9 Å². The molecule has 0 aromatic carbocycles. The molecular formula is C12H16N3O4+. The number of aromatic amines is 1. The van der Waals surface area contributed by atoms with Gasteiger partial charge in [0.25, 0.3) is 5.56 Å². The molecule has 0 spiro atoms. The Morgan fingerprint density at radius 3 is 3.00 bits per heavy atom. The molecular weight excluding hydrogens is 250 g/mol. The first-order valence-electron chi connectivity index (χ1n) is 5.99. The number of rotatable bonds is 3. The fourth-order valence-electron chi connectivity index (χ4n) is 2.17. The van der Waals surface area contributed by atoms with Crippen molar-refractivity contribution < 1.29 is 9.84 Å². The molecule has 1 aromatic rings. The zero-order chi connectivity index (χ0) is 14.0. The summed E-state index contributed by atoms with van der Waals surface area (Å²) >= 11 is 0. The van der Waals surface area contributed by atoms with Crippen LogP contribution in [0.4, 0.5) is 0 Å². The number of aryl methyl sites for hydroxylation is 1. The number of hydrogen-bond acceptors (Lipinski definition) is 5. The van der Waals surface area contributed by atoms with E-state index in [-0.39, 0.29) is 12.5 Å². The monoisotopic (exact) mass is 266 g/mol. The van der Waals surface area contributed by atoms with Gasteiger partial charge in [-0.2, -0.15) is 0 Å². The summed E-state index contributed by atoms with van der Waals surface area (Å²) in [5.41, 5.74) is -0.497. The minimum atomic E-state index is -0.528. The molecule has 102 valence electrons. The van der Waals surface area contributed by atoms with Crippen molar-refractivity contribution in [3.05, 3.63) is 32.6 Å². The van der Waals surface area contributed by atoms with Crippen LogP contribution in [0.5, 0.6) is 0 Å². The number of aliphatic hydroxyl groups is 1. The quantitative estimate of drug-likeness (QED) is 0.559. The standard InChI is InChI=1S/C12H15N3O4/c1-7-5-15(12(18)14-11(7)17)10-3-8(4-13-2)9(6-16)19-10/h5,8-10,16H,3,6H2,1-2H3/p+1. The number of hydrogen-bond donors (Lipinski definition) is 2. The lowest BCUT2D eigenvalue weighted by molar-refractivity contribution is -0.0281. The van der Waals surface area contributed by atoms with Crippen molar-refractivity contribution in [1.29, 1.82) is 0 Å². The van der Waals surface area contributed by atoms with Crippen LogP contribution in [0.25, 0.3) is 0 Å². The van der Waals surface area contributed by atoms with E-state index in [1.807, 2.05) is 0 Å². The van der Waals surface area contributed by atoms with E-state index in [0.717, 1.165) is 0 Å². The van der Waals surface area contributed by atoms with Crippen LogP contribution in [-0.4, -0.2) is 40.6 Å². The molecule has 1 aromatic heterocycles. The van der Waals surface area contributed by atoms with E-state index in [0.29, 0.717) is 12.0 Å². The Labute approximate surface area is 109 Å². The largest absolute Gasteiger partial charge is 0.393 e. The lowest BCUT2D eigenvalue weighted by atomic mass is 10.0. The third-order valence-electron chi connectivity index (χ3n) is 3.17. The lowest BCUT2D eigenvalue weighted by Gasteiger charge is -2.13. The van der Waals surface area contributed by atoms with Crippen LogP contribution in [0.15, 0.2) is 20.8 Å². The first kappa shape index (κ1) is 13.6.